The molecule has 7 nitrogen and oxygen atoms in total. The van der Waals surface area contributed by atoms with E-state index in [-0.39, 0.29) is 11.9 Å². The first-order valence-corrected chi connectivity index (χ1v) is 11.6. The van der Waals surface area contributed by atoms with Crippen molar-refractivity contribution in [3.05, 3.63) is 63.6 Å². The molecule has 3 aromatic rings. The van der Waals surface area contributed by atoms with E-state index in [9.17, 15) is 9.90 Å². The van der Waals surface area contributed by atoms with Crippen LogP contribution in [0.15, 0.2) is 41.1 Å². The summed E-state index contributed by atoms with van der Waals surface area (Å²) in [6, 6.07) is 8.60. The van der Waals surface area contributed by atoms with Gasteiger partial charge in [0.2, 0.25) is 5.78 Å². The number of fused-ring (bicyclic) bond motifs is 2. The van der Waals surface area contributed by atoms with Gasteiger partial charge in [-0.2, -0.15) is 0 Å². The number of likely N-dealkylation sites (tertiary alicyclic amines) is 1. The highest BCUT2D eigenvalue weighted by Crippen LogP contribution is 2.26. The van der Waals surface area contributed by atoms with Crippen molar-refractivity contribution >= 4 is 27.6 Å². The number of amides is 1. The van der Waals surface area contributed by atoms with E-state index in [1.807, 2.05) is 13.1 Å². The summed E-state index contributed by atoms with van der Waals surface area (Å²) in [5, 5.41) is 10.9. The Morgan fingerprint density at radius 2 is 2.00 bits per heavy atom. The fourth-order valence-corrected chi connectivity index (χ4v) is 5.37. The molecule has 1 saturated heterocycles. The minimum atomic E-state index is -0.570. The summed E-state index contributed by atoms with van der Waals surface area (Å²) in [6.07, 6.45) is 5.58. The van der Waals surface area contributed by atoms with Gasteiger partial charge in [0.1, 0.15) is 5.69 Å². The molecule has 1 N–H and O–H groups in total. The van der Waals surface area contributed by atoms with E-state index < -0.39 is 6.10 Å². The molecule has 4 heterocycles. The van der Waals surface area contributed by atoms with E-state index in [4.69, 9.17) is 0 Å². The van der Waals surface area contributed by atoms with Gasteiger partial charge in [0.25, 0.3) is 5.91 Å². The predicted octanol–water partition coefficient (Wildman–Crippen LogP) is 2.69. The largest absolute Gasteiger partial charge is 0.390 e. The number of β-amino-alcohol motifs (C(OH)–C–C–N with tert-alkyl or cyclic N) is 1. The van der Waals surface area contributed by atoms with Gasteiger partial charge < -0.3 is 10.0 Å². The summed E-state index contributed by atoms with van der Waals surface area (Å²) >= 11 is 3.52. The lowest BCUT2D eigenvalue weighted by atomic mass is 9.94. The van der Waals surface area contributed by atoms with E-state index >= 15 is 0 Å². The molecule has 0 bridgehead atoms. The van der Waals surface area contributed by atoms with Crippen LogP contribution in [0, 0.1) is 0 Å². The van der Waals surface area contributed by atoms with Crippen molar-refractivity contribution in [3.63, 3.8) is 0 Å². The second-order valence-electron chi connectivity index (χ2n) is 8.39. The first-order valence-electron chi connectivity index (χ1n) is 10.9. The monoisotopic (exact) mass is 483 g/mol. The number of rotatable bonds is 3. The lowest BCUT2D eigenvalue weighted by Crippen LogP contribution is -2.56. The Morgan fingerprint density at radius 1 is 1.19 bits per heavy atom. The number of piperidine rings is 1. The number of aliphatic hydroxyl groups is 1. The van der Waals surface area contributed by atoms with Crippen LogP contribution in [0.2, 0.25) is 0 Å². The van der Waals surface area contributed by atoms with Gasteiger partial charge in [-0.25, -0.2) is 9.97 Å². The van der Waals surface area contributed by atoms with Gasteiger partial charge in [0, 0.05) is 44.6 Å². The molecule has 162 valence electrons. The van der Waals surface area contributed by atoms with E-state index in [1.54, 1.807) is 15.5 Å². The topological polar surface area (TPSA) is 74.0 Å². The Kier molecular flexibility index (Phi) is 5.54. The third kappa shape index (κ3) is 3.88. The van der Waals surface area contributed by atoms with Crippen LogP contribution in [0.25, 0.3) is 5.78 Å². The van der Waals surface area contributed by atoms with Crippen molar-refractivity contribution in [2.45, 2.75) is 44.9 Å². The number of hydrogen-bond acceptors (Lipinski definition) is 5. The summed E-state index contributed by atoms with van der Waals surface area (Å²) in [5.41, 5.74) is 4.02. The van der Waals surface area contributed by atoms with E-state index in [2.05, 4.69) is 55.1 Å². The maximum atomic E-state index is 13.1. The molecule has 0 aliphatic carbocycles. The van der Waals surface area contributed by atoms with Crippen LogP contribution in [0.4, 0.5) is 0 Å². The number of carbonyl (C=O) groups excluding carboxylic acids is 1. The minimum Gasteiger partial charge on any atom is -0.390 e. The SMILES string of the molecule is CCc1nc2nc(C(=O)N3CC[C@H](N4CCc5ccccc5C4)[C@@H](O)C3)cn2cc1Br. The molecule has 2 aliphatic heterocycles. The summed E-state index contributed by atoms with van der Waals surface area (Å²) in [6.45, 7) is 4.78. The first kappa shape index (κ1) is 20.6. The number of carbonyl (C=O) groups is 1. The Morgan fingerprint density at radius 3 is 2.77 bits per heavy atom. The number of aliphatic hydroxyl groups excluding tert-OH is 1. The molecule has 0 radical (unpaired) electrons. The molecule has 1 aromatic carbocycles. The average Bonchev–Trinajstić information content (AvgIpc) is 3.20. The van der Waals surface area contributed by atoms with Crippen LogP contribution >= 0.6 is 15.9 Å². The van der Waals surface area contributed by atoms with Gasteiger partial charge >= 0.3 is 0 Å². The van der Waals surface area contributed by atoms with Crippen molar-refractivity contribution in [1.29, 1.82) is 0 Å². The number of aryl methyl sites for hydroxylation is 1. The number of halogens is 1. The molecular weight excluding hydrogens is 458 g/mol. The Bertz CT molecular complexity index is 1130. The van der Waals surface area contributed by atoms with Crippen molar-refractivity contribution < 1.29 is 9.90 Å². The maximum Gasteiger partial charge on any atom is 0.274 e. The molecule has 8 heteroatoms. The van der Waals surface area contributed by atoms with Crippen LogP contribution in [0.5, 0.6) is 0 Å². The molecule has 2 aromatic heterocycles. The van der Waals surface area contributed by atoms with Gasteiger partial charge in [-0.15, -0.1) is 0 Å². The van der Waals surface area contributed by atoms with E-state index in [1.165, 1.54) is 11.1 Å². The van der Waals surface area contributed by atoms with Crippen LogP contribution in [-0.2, 0) is 19.4 Å². The summed E-state index contributed by atoms with van der Waals surface area (Å²) < 4.78 is 2.67. The fourth-order valence-electron chi connectivity index (χ4n) is 4.78. The lowest BCUT2D eigenvalue weighted by Gasteiger charge is -2.43. The molecule has 31 heavy (non-hydrogen) atoms. The van der Waals surface area contributed by atoms with E-state index in [0.717, 1.165) is 42.5 Å². The van der Waals surface area contributed by atoms with Crippen LogP contribution in [0.3, 0.4) is 0 Å². The van der Waals surface area contributed by atoms with Crippen molar-refractivity contribution in [3.8, 4) is 0 Å². The maximum absolute atomic E-state index is 13.1. The lowest BCUT2D eigenvalue weighted by molar-refractivity contribution is -0.0139. The van der Waals surface area contributed by atoms with Crippen LogP contribution in [-0.4, -0.2) is 67.0 Å². The highest BCUT2D eigenvalue weighted by Gasteiger charge is 2.35. The highest BCUT2D eigenvalue weighted by atomic mass is 79.9. The van der Waals surface area contributed by atoms with Crippen molar-refractivity contribution in [2.75, 3.05) is 19.6 Å². The summed E-state index contributed by atoms with van der Waals surface area (Å²) in [7, 11) is 0. The molecule has 1 fully saturated rings. The molecule has 5 rings (SSSR count). The molecule has 0 spiro atoms. The Labute approximate surface area is 189 Å². The molecule has 0 unspecified atom stereocenters. The second kappa shape index (κ2) is 8.33. The number of benzene rings is 1. The van der Waals surface area contributed by atoms with Crippen molar-refractivity contribution in [2.24, 2.45) is 0 Å². The minimum absolute atomic E-state index is 0.0724. The third-order valence-corrected chi connectivity index (χ3v) is 7.16. The Balaban J connectivity index is 1.28. The van der Waals surface area contributed by atoms with Gasteiger partial charge in [-0.05, 0) is 46.3 Å². The average molecular weight is 484 g/mol. The highest BCUT2D eigenvalue weighted by molar-refractivity contribution is 9.10. The van der Waals surface area contributed by atoms with Crippen LogP contribution < -0.4 is 0 Å². The third-order valence-electron chi connectivity index (χ3n) is 6.49. The number of hydrogen-bond donors (Lipinski definition) is 1. The summed E-state index contributed by atoms with van der Waals surface area (Å²) in [4.78, 5) is 26.1. The zero-order chi connectivity index (χ0) is 21.5. The second-order valence-corrected chi connectivity index (χ2v) is 9.24. The van der Waals surface area contributed by atoms with Gasteiger partial charge in [0.05, 0.1) is 16.3 Å². The molecule has 1 amide bonds. The molecule has 2 atom stereocenters. The van der Waals surface area contributed by atoms with Crippen molar-refractivity contribution in [1.82, 2.24) is 24.2 Å². The normalized spacial score (nSPS) is 22.0. The summed E-state index contributed by atoms with van der Waals surface area (Å²) in [5.74, 6) is 0.368. The zero-order valence-electron chi connectivity index (χ0n) is 17.5. The van der Waals surface area contributed by atoms with Crippen LogP contribution in [0.1, 0.15) is 40.7 Å². The van der Waals surface area contributed by atoms with Gasteiger partial charge in [0.15, 0.2) is 0 Å². The predicted molar refractivity (Wildman–Crippen MR) is 121 cm³/mol. The number of nitrogens with zero attached hydrogens (tertiary/aromatic N) is 5. The van der Waals surface area contributed by atoms with E-state index in [0.29, 0.717) is 24.6 Å². The number of imidazole rings is 1. The molecule has 0 saturated carbocycles. The fraction of sp³-hybridized carbons (Fsp3) is 0.435. The smallest absolute Gasteiger partial charge is 0.274 e. The quantitative estimate of drug-likeness (QED) is 0.619. The van der Waals surface area contributed by atoms with Gasteiger partial charge in [-0.1, -0.05) is 31.2 Å². The first-order chi connectivity index (χ1) is 15.0. The number of aromatic nitrogens is 3. The standard InChI is InChI=1S/C23H26BrN5O2/c1-2-18-17(24)12-29-13-19(26-23(29)25-18)22(31)28-10-8-20(21(30)14-28)27-9-7-15-5-3-4-6-16(15)11-27/h3-6,12-13,20-21,30H,2,7-11,14H2,1H3/t20-,21-/m0/s1. The molecular formula is C23H26BrN5O2. The molecule has 2 aliphatic rings. The van der Waals surface area contributed by atoms with Gasteiger partial charge in [-0.3, -0.25) is 14.1 Å². The zero-order valence-corrected chi connectivity index (χ0v) is 19.1. The Hall–Kier alpha value is -2.29.